The lowest BCUT2D eigenvalue weighted by Crippen LogP contribution is -2.56. The Bertz CT molecular complexity index is 804. The fourth-order valence-electron chi connectivity index (χ4n) is 3.12. The van der Waals surface area contributed by atoms with Crippen LogP contribution in [0.4, 0.5) is 0 Å². The van der Waals surface area contributed by atoms with Crippen LogP contribution in [0.1, 0.15) is 31.0 Å². The minimum absolute atomic E-state index is 0.0427. The van der Waals surface area contributed by atoms with Gasteiger partial charge in [-0.3, -0.25) is 9.59 Å². The van der Waals surface area contributed by atoms with Crippen molar-refractivity contribution in [2.75, 3.05) is 6.54 Å². The number of rotatable bonds is 4. The number of piperazine rings is 1. The zero-order chi connectivity index (χ0) is 18.8. The summed E-state index contributed by atoms with van der Waals surface area (Å²) >= 11 is 11.9. The smallest absolute Gasteiger partial charge is 0.250 e. The Morgan fingerprint density at radius 3 is 2.04 bits per heavy atom. The minimum atomic E-state index is -0.661. The number of carbonyl (C=O) groups excluding carboxylic acids is 2. The van der Waals surface area contributed by atoms with Crippen molar-refractivity contribution in [2.45, 2.75) is 32.5 Å². The van der Waals surface area contributed by atoms with Crippen LogP contribution in [0.15, 0.2) is 48.5 Å². The van der Waals surface area contributed by atoms with Gasteiger partial charge < -0.3 is 9.80 Å². The van der Waals surface area contributed by atoms with Gasteiger partial charge in [0.25, 0.3) is 5.91 Å². The number of benzene rings is 2. The monoisotopic (exact) mass is 390 g/mol. The molecule has 0 saturated carbocycles. The molecule has 0 spiro atoms. The number of amides is 2. The van der Waals surface area contributed by atoms with E-state index in [1.165, 1.54) is 0 Å². The first-order valence-corrected chi connectivity index (χ1v) is 9.22. The summed E-state index contributed by atoms with van der Waals surface area (Å²) < 4.78 is 0. The Morgan fingerprint density at radius 2 is 1.50 bits per heavy atom. The SMILES string of the molecule is CC(C)N1CC(=O)N(Cc2ccc(Cl)cc2)C(c2ccc(Cl)cc2)C1=O. The van der Waals surface area contributed by atoms with Gasteiger partial charge in [-0.2, -0.15) is 0 Å². The highest BCUT2D eigenvalue weighted by atomic mass is 35.5. The maximum atomic E-state index is 13.1. The van der Waals surface area contributed by atoms with Gasteiger partial charge in [0, 0.05) is 22.6 Å². The Morgan fingerprint density at radius 1 is 0.962 bits per heavy atom. The molecular weight excluding hydrogens is 371 g/mol. The molecule has 1 atom stereocenters. The number of carbonyl (C=O) groups is 2. The van der Waals surface area contributed by atoms with Crippen LogP contribution in [0, 0.1) is 0 Å². The second-order valence-electron chi connectivity index (χ2n) is 6.66. The average molecular weight is 391 g/mol. The van der Waals surface area contributed by atoms with Gasteiger partial charge in [0.2, 0.25) is 5.91 Å². The Labute approximate surface area is 163 Å². The topological polar surface area (TPSA) is 40.6 Å². The van der Waals surface area contributed by atoms with Crippen molar-refractivity contribution in [1.29, 1.82) is 0 Å². The predicted octanol–water partition coefficient (Wildman–Crippen LogP) is 4.31. The molecule has 3 rings (SSSR count). The third-order valence-electron chi connectivity index (χ3n) is 4.53. The lowest BCUT2D eigenvalue weighted by molar-refractivity contribution is -0.158. The number of nitrogens with zero attached hydrogens (tertiary/aromatic N) is 2. The summed E-state index contributed by atoms with van der Waals surface area (Å²) in [5.41, 5.74) is 1.68. The molecule has 4 nitrogen and oxygen atoms in total. The van der Waals surface area contributed by atoms with Crippen LogP contribution in [-0.4, -0.2) is 34.2 Å². The minimum Gasteiger partial charge on any atom is -0.329 e. The van der Waals surface area contributed by atoms with Gasteiger partial charge in [0.1, 0.15) is 12.6 Å². The third-order valence-corrected chi connectivity index (χ3v) is 5.03. The molecule has 0 aliphatic carbocycles. The van der Waals surface area contributed by atoms with Gasteiger partial charge >= 0.3 is 0 Å². The van der Waals surface area contributed by atoms with Gasteiger partial charge in [-0.15, -0.1) is 0 Å². The zero-order valence-electron chi connectivity index (χ0n) is 14.7. The maximum Gasteiger partial charge on any atom is 0.250 e. The summed E-state index contributed by atoms with van der Waals surface area (Å²) in [5, 5.41) is 1.23. The van der Waals surface area contributed by atoms with Gasteiger partial charge in [-0.1, -0.05) is 47.5 Å². The molecule has 6 heteroatoms. The highest BCUT2D eigenvalue weighted by Crippen LogP contribution is 2.31. The lowest BCUT2D eigenvalue weighted by Gasteiger charge is -2.42. The van der Waals surface area contributed by atoms with Crippen LogP contribution in [0.2, 0.25) is 10.0 Å². The first-order valence-electron chi connectivity index (χ1n) is 8.46. The molecule has 2 aromatic carbocycles. The van der Waals surface area contributed by atoms with Crippen LogP contribution in [0.5, 0.6) is 0 Å². The molecule has 0 bridgehead atoms. The fraction of sp³-hybridized carbons (Fsp3) is 0.300. The predicted molar refractivity (Wildman–Crippen MR) is 103 cm³/mol. The molecular formula is C20H20Cl2N2O2. The summed E-state index contributed by atoms with van der Waals surface area (Å²) in [5.74, 6) is -0.149. The average Bonchev–Trinajstić information content (AvgIpc) is 2.61. The van der Waals surface area contributed by atoms with Crippen molar-refractivity contribution in [1.82, 2.24) is 9.80 Å². The normalized spacial score (nSPS) is 18.0. The Kier molecular flexibility index (Phi) is 5.54. The molecule has 1 heterocycles. The lowest BCUT2D eigenvalue weighted by atomic mass is 9.99. The fourth-order valence-corrected chi connectivity index (χ4v) is 3.37. The van der Waals surface area contributed by atoms with Crippen LogP contribution in [-0.2, 0) is 16.1 Å². The number of hydrogen-bond donors (Lipinski definition) is 0. The van der Waals surface area contributed by atoms with Gasteiger partial charge in [0.15, 0.2) is 0 Å². The van der Waals surface area contributed by atoms with Gasteiger partial charge in [-0.05, 0) is 49.2 Å². The molecule has 1 unspecified atom stereocenters. The molecule has 2 aromatic rings. The summed E-state index contributed by atoms with van der Waals surface area (Å²) in [6, 6.07) is 13.7. The number of hydrogen-bond acceptors (Lipinski definition) is 2. The van der Waals surface area contributed by atoms with E-state index in [1.807, 2.05) is 26.0 Å². The molecule has 1 saturated heterocycles. The van der Waals surface area contributed by atoms with Crippen LogP contribution in [0.25, 0.3) is 0 Å². The van der Waals surface area contributed by atoms with E-state index in [4.69, 9.17) is 23.2 Å². The van der Waals surface area contributed by atoms with E-state index < -0.39 is 6.04 Å². The number of halogens is 2. The van der Waals surface area contributed by atoms with E-state index in [9.17, 15) is 9.59 Å². The molecule has 0 N–H and O–H groups in total. The third kappa shape index (κ3) is 3.87. The van der Waals surface area contributed by atoms with Crippen LogP contribution in [0.3, 0.4) is 0 Å². The summed E-state index contributed by atoms with van der Waals surface area (Å²) in [6.45, 7) is 4.27. The quantitative estimate of drug-likeness (QED) is 0.779. The summed E-state index contributed by atoms with van der Waals surface area (Å²) in [6.07, 6.45) is 0. The zero-order valence-corrected chi connectivity index (χ0v) is 16.2. The molecule has 0 aromatic heterocycles. The maximum absolute atomic E-state index is 13.1. The molecule has 1 fully saturated rings. The van der Waals surface area contributed by atoms with E-state index in [0.717, 1.165) is 11.1 Å². The largest absolute Gasteiger partial charge is 0.329 e. The van der Waals surface area contributed by atoms with Gasteiger partial charge in [-0.25, -0.2) is 0 Å². The first-order chi connectivity index (χ1) is 12.4. The Balaban J connectivity index is 1.98. The molecule has 136 valence electrons. The van der Waals surface area contributed by atoms with E-state index in [2.05, 4.69) is 0 Å². The molecule has 26 heavy (non-hydrogen) atoms. The molecule has 1 aliphatic rings. The highest BCUT2D eigenvalue weighted by molar-refractivity contribution is 6.30. The summed E-state index contributed by atoms with van der Waals surface area (Å²) in [4.78, 5) is 29.2. The Hall–Kier alpha value is -2.04. The van der Waals surface area contributed by atoms with E-state index in [0.29, 0.717) is 16.6 Å². The van der Waals surface area contributed by atoms with Crippen molar-refractivity contribution in [3.63, 3.8) is 0 Å². The van der Waals surface area contributed by atoms with E-state index in [-0.39, 0.29) is 24.4 Å². The van der Waals surface area contributed by atoms with Crippen molar-refractivity contribution in [3.8, 4) is 0 Å². The van der Waals surface area contributed by atoms with Crippen LogP contribution >= 0.6 is 23.2 Å². The van der Waals surface area contributed by atoms with Gasteiger partial charge in [0.05, 0.1) is 0 Å². The molecule has 2 amide bonds. The van der Waals surface area contributed by atoms with Crippen molar-refractivity contribution in [3.05, 3.63) is 69.7 Å². The van der Waals surface area contributed by atoms with E-state index >= 15 is 0 Å². The molecule has 1 aliphatic heterocycles. The van der Waals surface area contributed by atoms with E-state index in [1.54, 1.807) is 46.2 Å². The second kappa shape index (κ2) is 7.68. The van der Waals surface area contributed by atoms with Crippen LogP contribution < -0.4 is 0 Å². The standard InChI is InChI=1S/C20H20Cl2N2O2/c1-13(2)23-12-18(25)24(11-14-3-7-16(21)8-4-14)19(20(23)26)15-5-9-17(22)10-6-15/h3-10,13,19H,11-12H2,1-2H3. The van der Waals surface area contributed by atoms with Crippen molar-refractivity contribution < 1.29 is 9.59 Å². The first kappa shape index (κ1) is 18.7. The molecule has 0 radical (unpaired) electrons. The van der Waals surface area contributed by atoms with Crippen molar-refractivity contribution >= 4 is 35.0 Å². The highest BCUT2D eigenvalue weighted by Gasteiger charge is 2.41. The second-order valence-corrected chi connectivity index (χ2v) is 7.53. The summed E-state index contributed by atoms with van der Waals surface area (Å²) in [7, 11) is 0. The van der Waals surface area contributed by atoms with Crippen molar-refractivity contribution in [2.24, 2.45) is 0 Å².